The van der Waals surface area contributed by atoms with Crippen molar-refractivity contribution in [2.24, 2.45) is 0 Å². The highest BCUT2D eigenvalue weighted by Gasteiger charge is 2.24. The maximum absolute atomic E-state index is 14.0. The molecule has 2 unspecified atom stereocenters. The van der Waals surface area contributed by atoms with Crippen LogP contribution in [-0.4, -0.2) is 53.6 Å². The first-order valence-electron chi connectivity index (χ1n) is 14.8. The molecule has 0 saturated heterocycles. The van der Waals surface area contributed by atoms with E-state index >= 15 is 0 Å². The van der Waals surface area contributed by atoms with Crippen LogP contribution in [-0.2, 0) is 19.4 Å². The number of hydrogen-bond donors (Lipinski definition) is 3. The third kappa shape index (κ3) is 10.0. The van der Waals surface area contributed by atoms with E-state index in [2.05, 4.69) is 29.5 Å². The number of aliphatic hydroxyl groups is 1. The molecular weight excluding hydrogens is 548 g/mol. The van der Waals surface area contributed by atoms with Crippen molar-refractivity contribution in [3.05, 3.63) is 106 Å². The van der Waals surface area contributed by atoms with Gasteiger partial charge < -0.3 is 20.6 Å². The predicted molar refractivity (Wildman–Crippen MR) is 166 cm³/mol. The van der Waals surface area contributed by atoms with Gasteiger partial charge in [0.25, 0.3) is 11.8 Å². The van der Waals surface area contributed by atoms with Crippen molar-refractivity contribution in [3.63, 3.8) is 0 Å². The fourth-order valence-corrected chi connectivity index (χ4v) is 4.99. The number of amides is 2. The molecule has 0 spiro atoms. The van der Waals surface area contributed by atoms with Crippen LogP contribution >= 0.6 is 0 Å². The molecule has 3 N–H and O–H groups in total. The average Bonchev–Trinajstić information content (AvgIpc) is 2.99. The van der Waals surface area contributed by atoms with Gasteiger partial charge in [-0.1, -0.05) is 51.0 Å². The Bertz CT molecular complexity index is 1410. The number of nitrogens with one attached hydrogen (secondary N) is 2. The first kappa shape index (κ1) is 33.4. The Balaban J connectivity index is 1.84. The topological polar surface area (TPSA) is 81.7 Å². The van der Waals surface area contributed by atoms with E-state index in [0.29, 0.717) is 30.8 Å². The number of hydrogen-bond acceptors (Lipinski definition) is 4. The normalized spacial score (nSPS) is 12.3. The van der Waals surface area contributed by atoms with Gasteiger partial charge in [0.1, 0.15) is 11.6 Å². The first-order valence-corrected chi connectivity index (χ1v) is 14.8. The molecule has 2 atom stereocenters. The molecule has 0 saturated carbocycles. The van der Waals surface area contributed by atoms with Gasteiger partial charge in [-0.25, -0.2) is 8.78 Å². The largest absolute Gasteiger partial charge is 0.390 e. The van der Waals surface area contributed by atoms with Crippen molar-refractivity contribution in [2.45, 2.75) is 65.1 Å². The lowest BCUT2D eigenvalue weighted by Crippen LogP contribution is -2.48. The van der Waals surface area contributed by atoms with Gasteiger partial charge in [-0.3, -0.25) is 9.59 Å². The minimum atomic E-state index is -1.11. The number of benzene rings is 3. The summed E-state index contributed by atoms with van der Waals surface area (Å²) in [5.74, 6) is 0.208. The molecular formula is C35H41F2N3O3. The van der Waals surface area contributed by atoms with Crippen molar-refractivity contribution in [1.29, 1.82) is 0 Å². The van der Waals surface area contributed by atoms with Crippen LogP contribution in [0.15, 0.2) is 60.7 Å². The number of terminal acetylenes is 1. The van der Waals surface area contributed by atoms with Crippen LogP contribution in [0.5, 0.6) is 0 Å². The molecule has 0 aliphatic carbocycles. The van der Waals surface area contributed by atoms with Gasteiger partial charge >= 0.3 is 0 Å². The van der Waals surface area contributed by atoms with Gasteiger partial charge in [-0.05, 0) is 72.7 Å². The highest BCUT2D eigenvalue weighted by atomic mass is 19.1. The predicted octanol–water partition coefficient (Wildman–Crippen LogP) is 5.26. The highest BCUT2D eigenvalue weighted by Crippen LogP contribution is 2.16. The maximum Gasteiger partial charge on any atom is 0.253 e. The summed E-state index contributed by atoms with van der Waals surface area (Å²) in [6, 6.07) is 14.8. The molecule has 0 fully saturated rings. The first-order chi connectivity index (χ1) is 20.7. The number of nitrogens with zero attached hydrogens (tertiary/aromatic N) is 1. The third-order valence-electron chi connectivity index (χ3n) is 7.12. The molecule has 0 bridgehead atoms. The van der Waals surface area contributed by atoms with E-state index in [9.17, 15) is 23.5 Å². The van der Waals surface area contributed by atoms with E-state index in [1.54, 1.807) is 11.0 Å². The lowest BCUT2D eigenvalue weighted by molar-refractivity contribution is 0.0755. The molecule has 3 rings (SSSR count). The van der Waals surface area contributed by atoms with Crippen molar-refractivity contribution >= 4 is 11.8 Å². The molecule has 3 aromatic carbocycles. The summed E-state index contributed by atoms with van der Waals surface area (Å²) in [5, 5.41) is 17.2. The van der Waals surface area contributed by atoms with E-state index in [4.69, 9.17) is 6.42 Å². The Hall–Kier alpha value is -4.06. The lowest BCUT2D eigenvalue weighted by Gasteiger charge is -2.25. The number of aliphatic hydroxyl groups excluding tert-OH is 1. The summed E-state index contributed by atoms with van der Waals surface area (Å²) < 4.78 is 28.0. The highest BCUT2D eigenvalue weighted by molar-refractivity contribution is 6.00. The fourth-order valence-electron chi connectivity index (χ4n) is 4.99. The molecule has 3 aromatic rings. The molecule has 0 heterocycles. The smallest absolute Gasteiger partial charge is 0.253 e. The number of aryl methyl sites for hydroxylation is 1. The summed E-state index contributed by atoms with van der Waals surface area (Å²) >= 11 is 0. The Morgan fingerprint density at radius 1 is 0.907 bits per heavy atom. The molecule has 228 valence electrons. The monoisotopic (exact) mass is 589 g/mol. The van der Waals surface area contributed by atoms with Crippen LogP contribution in [0, 0.1) is 24.0 Å². The molecule has 0 aromatic heterocycles. The molecule has 0 aliphatic heterocycles. The molecule has 0 radical (unpaired) electrons. The summed E-state index contributed by atoms with van der Waals surface area (Å²) in [5.41, 5.74) is 3.33. The molecule has 6 nitrogen and oxygen atoms in total. The molecule has 0 aliphatic rings. The van der Waals surface area contributed by atoms with Gasteiger partial charge in [0.2, 0.25) is 0 Å². The summed E-state index contributed by atoms with van der Waals surface area (Å²) in [4.78, 5) is 28.5. The number of carbonyl (C=O) groups is 2. The minimum absolute atomic E-state index is 0.0318. The second-order valence-electron chi connectivity index (χ2n) is 10.7. The standard InChI is InChI=1S/C35H41F2N3O3/c1-5-12-40(13-6-2)35(43)29-16-25(8-4)15-28(20-29)34(42)39-32(19-27-17-30(36)21-31(37)18-27)33(41)23-38-22-26-11-9-10-24(7-3)14-26/h4,9-11,14-18,20-21,32-33,38,41H,5-7,12-13,19,22-23H2,1-3H3,(H,39,42). The van der Waals surface area contributed by atoms with E-state index in [1.807, 2.05) is 32.0 Å². The zero-order valence-corrected chi connectivity index (χ0v) is 25.1. The SMILES string of the molecule is C#Cc1cc(C(=O)NC(Cc2cc(F)cc(F)c2)C(O)CNCc2cccc(CC)c2)cc(C(=O)N(CCC)CCC)c1. The fraction of sp³-hybridized carbons (Fsp3) is 0.371. The Labute approximate surface area is 253 Å². The van der Waals surface area contributed by atoms with Crippen molar-refractivity contribution in [3.8, 4) is 12.3 Å². The second kappa shape index (κ2) is 16.5. The van der Waals surface area contributed by atoms with Gasteiger partial charge in [0.15, 0.2) is 0 Å². The zero-order chi connectivity index (χ0) is 31.4. The Kier molecular flexibility index (Phi) is 12.9. The van der Waals surface area contributed by atoms with E-state index in [0.717, 1.165) is 30.9 Å². The molecule has 8 heteroatoms. The average molecular weight is 590 g/mol. The summed E-state index contributed by atoms with van der Waals surface area (Å²) in [6.45, 7) is 7.78. The quantitative estimate of drug-likeness (QED) is 0.211. The maximum atomic E-state index is 14.0. The van der Waals surface area contributed by atoms with Gasteiger partial charge in [-0.15, -0.1) is 6.42 Å². The van der Waals surface area contributed by atoms with E-state index < -0.39 is 29.7 Å². The van der Waals surface area contributed by atoms with Crippen molar-refractivity contribution in [2.75, 3.05) is 19.6 Å². The number of halogens is 2. The lowest BCUT2D eigenvalue weighted by atomic mass is 9.99. The second-order valence-corrected chi connectivity index (χ2v) is 10.7. The van der Waals surface area contributed by atoms with E-state index in [1.165, 1.54) is 29.8 Å². The number of rotatable bonds is 15. The van der Waals surface area contributed by atoms with Crippen LogP contribution < -0.4 is 10.6 Å². The van der Waals surface area contributed by atoms with Crippen molar-refractivity contribution < 1.29 is 23.5 Å². The van der Waals surface area contributed by atoms with Crippen LogP contribution in [0.25, 0.3) is 0 Å². The van der Waals surface area contributed by atoms with Crippen LogP contribution in [0.1, 0.15) is 76.6 Å². The minimum Gasteiger partial charge on any atom is -0.390 e. The van der Waals surface area contributed by atoms with Gasteiger partial charge in [0.05, 0.1) is 12.1 Å². The van der Waals surface area contributed by atoms with Gasteiger partial charge in [0, 0.05) is 48.9 Å². The molecule has 43 heavy (non-hydrogen) atoms. The Morgan fingerprint density at radius 3 is 2.19 bits per heavy atom. The molecule has 2 amide bonds. The third-order valence-corrected chi connectivity index (χ3v) is 7.12. The van der Waals surface area contributed by atoms with Crippen LogP contribution in [0.3, 0.4) is 0 Å². The Morgan fingerprint density at radius 2 is 1.56 bits per heavy atom. The van der Waals surface area contributed by atoms with Crippen LogP contribution in [0.2, 0.25) is 0 Å². The summed E-state index contributed by atoms with van der Waals surface area (Å²) in [7, 11) is 0. The zero-order valence-electron chi connectivity index (χ0n) is 25.1. The van der Waals surface area contributed by atoms with Crippen molar-refractivity contribution in [1.82, 2.24) is 15.5 Å². The number of carbonyl (C=O) groups excluding carboxylic acids is 2. The van der Waals surface area contributed by atoms with Gasteiger partial charge in [-0.2, -0.15) is 0 Å². The van der Waals surface area contributed by atoms with E-state index in [-0.39, 0.29) is 30.0 Å². The summed E-state index contributed by atoms with van der Waals surface area (Å²) in [6.07, 6.45) is 6.99. The van der Waals surface area contributed by atoms with Crippen LogP contribution in [0.4, 0.5) is 8.78 Å².